The van der Waals surface area contributed by atoms with Crippen LogP contribution in [0.5, 0.6) is 0 Å². The average molecular weight is 360 g/mol. The van der Waals surface area contributed by atoms with Crippen LogP contribution in [-0.2, 0) is 14.3 Å². The third kappa shape index (κ3) is 3.63. The van der Waals surface area contributed by atoms with Crippen molar-refractivity contribution >= 4 is 5.97 Å². The molecule has 27 heavy (non-hydrogen) atoms. The lowest BCUT2D eigenvalue weighted by molar-refractivity contribution is -0.216. The first kappa shape index (κ1) is 17.5. The third-order valence-electron chi connectivity index (χ3n) is 4.73. The molecule has 3 aromatic carbocycles. The molecule has 0 spiro atoms. The van der Waals surface area contributed by atoms with Crippen LogP contribution in [0, 0.1) is 0 Å². The van der Waals surface area contributed by atoms with Gasteiger partial charge in [-0.25, -0.2) is 4.79 Å². The van der Waals surface area contributed by atoms with Crippen molar-refractivity contribution in [2.24, 2.45) is 0 Å². The maximum atomic E-state index is 12.7. The van der Waals surface area contributed by atoms with E-state index in [0.29, 0.717) is 5.56 Å². The van der Waals surface area contributed by atoms with Crippen molar-refractivity contribution in [3.8, 4) is 0 Å². The molecule has 0 radical (unpaired) electrons. The number of hydrogen-bond donors (Lipinski definition) is 1. The fraction of sp³-hybridized carbons (Fsp3) is 0.174. The summed E-state index contributed by atoms with van der Waals surface area (Å²) in [5.74, 6) is -0.563. The van der Waals surface area contributed by atoms with Gasteiger partial charge < -0.3 is 14.6 Å². The van der Waals surface area contributed by atoms with Gasteiger partial charge in [0.2, 0.25) is 0 Å². The average Bonchev–Trinajstić information content (AvgIpc) is 2.75. The van der Waals surface area contributed by atoms with Crippen LogP contribution >= 0.6 is 0 Å². The van der Waals surface area contributed by atoms with Gasteiger partial charge >= 0.3 is 5.97 Å². The van der Waals surface area contributed by atoms with E-state index in [1.165, 1.54) is 0 Å². The Labute approximate surface area is 158 Å². The zero-order valence-electron chi connectivity index (χ0n) is 14.6. The first-order valence-electron chi connectivity index (χ1n) is 8.93. The largest absolute Gasteiger partial charge is 0.452 e. The molecule has 1 fully saturated rings. The number of aliphatic hydroxyl groups excluding tert-OH is 1. The highest BCUT2D eigenvalue weighted by Gasteiger charge is 2.43. The summed E-state index contributed by atoms with van der Waals surface area (Å²) in [4.78, 5) is 12.7. The number of carbonyl (C=O) groups excluding carboxylic acids is 1. The first-order valence-corrected chi connectivity index (χ1v) is 8.93. The predicted octanol–water partition coefficient (Wildman–Crippen LogP) is 4.14. The van der Waals surface area contributed by atoms with Crippen molar-refractivity contribution < 1.29 is 19.4 Å². The van der Waals surface area contributed by atoms with Gasteiger partial charge in [-0.2, -0.15) is 0 Å². The second kappa shape index (κ2) is 7.74. The number of cyclic esters (lactones) is 1. The highest BCUT2D eigenvalue weighted by Crippen LogP contribution is 2.42. The summed E-state index contributed by atoms with van der Waals surface area (Å²) in [7, 11) is 0. The molecule has 0 unspecified atom stereocenters. The monoisotopic (exact) mass is 360 g/mol. The predicted molar refractivity (Wildman–Crippen MR) is 101 cm³/mol. The molecule has 1 N–H and O–H groups in total. The van der Waals surface area contributed by atoms with E-state index in [0.717, 1.165) is 11.1 Å². The number of aliphatic hydroxyl groups is 1. The summed E-state index contributed by atoms with van der Waals surface area (Å²) in [5, 5.41) is 10.7. The fourth-order valence-electron chi connectivity index (χ4n) is 3.35. The summed E-state index contributed by atoms with van der Waals surface area (Å²) in [6, 6.07) is 28.2. The summed E-state index contributed by atoms with van der Waals surface area (Å²) in [6.07, 6.45) is -3.26. The minimum Gasteiger partial charge on any atom is -0.452 e. The van der Waals surface area contributed by atoms with Crippen LogP contribution < -0.4 is 0 Å². The molecule has 3 aromatic rings. The molecule has 4 nitrogen and oxygen atoms in total. The van der Waals surface area contributed by atoms with E-state index in [2.05, 4.69) is 0 Å². The van der Waals surface area contributed by atoms with E-state index >= 15 is 0 Å². The Balaban J connectivity index is 1.68. The highest BCUT2D eigenvalue weighted by molar-refractivity contribution is 5.77. The maximum absolute atomic E-state index is 12.7. The Morgan fingerprint density at radius 1 is 0.704 bits per heavy atom. The highest BCUT2D eigenvalue weighted by atomic mass is 16.6. The van der Waals surface area contributed by atoms with E-state index in [9.17, 15) is 9.90 Å². The maximum Gasteiger partial charge on any atom is 0.339 e. The molecular weight excluding hydrogens is 340 g/mol. The van der Waals surface area contributed by atoms with Crippen LogP contribution in [0.4, 0.5) is 0 Å². The number of benzene rings is 3. The van der Waals surface area contributed by atoms with E-state index < -0.39 is 30.4 Å². The number of hydrogen-bond acceptors (Lipinski definition) is 4. The standard InChI is InChI=1S/C23H20O4/c24-19(16-10-4-1-5-11-16)22-23(25)27-21(18-14-8-3-9-15-18)20(26-22)17-12-6-2-7-13-17/h1-15,19-22,24H/t19-,20-,21-,22-/m0/s1. The lowest BCUT2D eigenvalue weighted by atomic mass is 9.95. The second-order valence-electron chi connectivity index (χ2n) is 6.51. The van der Waals surface area contributed by atoms with E-state index in [-0.39, 0.29) is 0 Å². The topological polar surface area (TPSA) is 55.8 Å². The number of ether oxygens (including phenoxy) is 2. The van der Waals surface area contributed by atoms with Crippen molar-refractivity contribution in [2.45, 2.75) is 24.4 Å². The molecule has 0 saturated carbocycles. The van der Waals surface area contributed by atoms with Crippen molar-refractivity contribution in [2.75, 3.05) is 0 Å². The van der Waals surface area contributed by atoms with Gasteiger partial charge in [0.15, 0.2) is 12.2 Å². The van der Waals surface area contributed by atoms with Crippen LogP contribution in [0.2, 0.25) is 0 Å². The lowest BCUT2D eigenvalue weighted by Crippen LogP contribution is -2.41. The summed E-state index contributed by atoms with van der Waals surface area (Å²) in [6.45, 7) is 0. The van der Waals surface area contributed by atoms with Gasteiger partial charge in [0.25, 0.3) is 0 Å². The Kier molecular flexibility index (Phi) is 5.01. The molecule has 1 saturated heterocycles. The molecule has 1 aliphatic heterocycles. The Hall–Kier alpha value is -2.95. The van der Waals surface area contributed by atoms with Crippen molar-refractivity contribution in [3.63, 3.8) is 0 Å². The smallest absolute Gasteiger partial charge is 0.339 e. The molecule has 0 bridgehead atoms. The van der Waals surface area contributed by atoms with E-state index in [1.54, 1.807) is 12.1 Å². The fourth-order valence-corrected chi connectivity index (χ4v) is 3.35. The molecule has 1 aliphatic rings. The van der Waals surface area contributed by atoms with E-state index in [4.69, 9.17) is 9.47 Å². The Bertz CT molecular complexity index is 880. The molecule has 0 aliphatic carbocycles. The lowest BCUT2D eigenvalue weighted by Gasteiger charge is -2.37. The molecule has 4 atom stereocenters. The van der Waals surface area contributed by atoms with Gasteiger partial charge in [-0.3, -0.25) is 0 Å². The molecule has 136 valence electrons. The first-order chi connectivity index (χ1) is 13.2. The quantitative estimate of drug-likeness (QED) is 0.711. The van der Waals surface area contributed by atoms with Gasteiger partial charge in [0, 0.05) is 0 Å². The zero-order valence-corrected chi connectivity index (χ0v) is 14.6. The van der Waals surface area contributed by atoms with Gasteiger partial charge in [0.05, 0.1) is 0 Å². The Morgan fingerprint density at radius 3 is 1.74 bits per heavy atom. The minimum absolute atomic E-state index is 0.505. The van der Waals surface area contributed by atoms with Crippen LogP contribution in [-0.4, -0.2) is 17.2 Å². The van der Waals surface area contributed by atoms with Crippen molar-refractivity contribution in [1.29, 1.82) is 0 Å². The minimum atomic E-state index is -1.10. The summed E-state index contributed by atoms with van der Waals surface area (Å²) >= 11 is 0. The second-order valence-corrected chi connectivity index (χ2v) is 6.51. The van der Waals surface area contributed by atoms with Crippen LogP contribution in [0.25, 0.3) is 0 Å². The SMILES string of the molecule is O=C1O[C@@H](c2ccccc2)[C@H](c2ccccc2)O[C@H]1[C@@H](O)c1ccccc1. The van der Waals surface area contributed by atoms with E-state index in [1.807, 2.05) is 78.9 Å². The molecule has 4 rings (SSSR count). The molecule has 0 amide bonds. The van der Waals surface area contributed by atoms with Crippen LogP contribution in [0.15, 0.2) is 91.0 Å². The number of rotatable bonds is 4. The molecule has 1 heterocycles. The summed E-state index contributed by atoms with van der Waals surface area (Å²) in [5.41, 5.74) is 2.36. The van der Waals surface area contributed by atoms with Gasteiger partial charge in [-0.05, 0) is 16.7 Å². The normalized spacial score (nSPS) is 23.4. The van der Waals surface area contributed by atoms with Crippen LogP contribution in [0.1, 0.15) is 35.0 Å². The molecule has 0 aromatic heterocycles. The zero-order chi connectivity index (χ0) is 18.6. The summed E-state index contributed by atoms with van der Waals surface area (Å²) < 4.78 is 11.9. The Morgan fingerprint density at radius 2 is 1.19 bits per heavy atom. The van der Waals surface area contributed by atoms with Crippen LogP contribution in [0.3, 0.4) is 0 Å². The van der Waals surface area contributed by atoms with Crippen molar-refractivity contribution in [1.82, 2.24) is 0 Å². The van der Waals surface area contributed by atoms with Gasteiger partial charge in [0.1, 0.15) is 12.2 Å². The van der Waals surface area contributed by atoms with Gasteiger partial charge in [-0.15, -0.1) is 0 Å². The van der Waals surface area contributed by atoms with Crippen molar-refractivity contribution in [3.05, 3.63) is 108 Å². The third-order valence-corrected chi connectivity index (χ3v) is 4.73. The number of esters is 1. The number of carbonyl (C=O) groups is 1. The molecular formula is C23H20O4. The van der Waals surface area contributed by atoms with Gasteiger partial charge in [-0.1, -0.05) is 91.0 Å². The molecule has 4 heteroatoms.